The van der Waals surface area contributed by atoms with Gasteiger partial charge in [0.15, 0.2) is 5.96 Å². The fraction of sp³-hybridized carbons (Fsp3) is 0.625. The van der Waals surface area contributed by atoms with Gasteiger partial charge < -0.3 is 16.0 Å². The van der Waals surface area contributed by atoms with E-state index in [9.17, 15) is 13.2 Å². The molecule has 1 aromatic heterocycles. The molecule has 1 fully saturated rings. The van der Waals surface area contributed by atoms with E-state index in [1.54, 1.807) is 7.05 Å². The van der Waals surface area contributed by atoms with Gasteiger partial charge in [0, 0.05) is 37.6 Å². The Morgan fingerprint density at radius 2 is 2.12 bits per heavy atom. The summed E-state index contributed by atoms with van der Waals surface area (Å²) in [7, 11) is 1.67. The van der Waals surface area contributed by atoms with Crippen molar-refractivity contribution < 1.29 is 13.2 Å². The molecule has 148 valence electrons. The zero-order valence-corrected chi connectivity index (χ0v) is 18.0. The van der Waals surface area contributed by atoms with E-state index in [2.05, 4.69) is 32.9 Å². The van der Waals surface area contributed by atoms with Crippen molar-refractivity contribution in [2.75, 3.05) is 37.8 Å². The summed E-state index contributed by atoms with van der Waals surface area (Å²) in [5.74, 6) is 1.67. The molecule has 1 aliphatic rings. The molecule has 5 nitrogen and oxygen atoms in total. The van der Waals surface area contributed by atoms with Crippen LogP contribution < -0.4 is 16.0 Å². The van der Waals surface area contributed by atoms with E-state index in [1.807, 2.05) is 11.8 Å². The van der Waals surface area contributed by atoms with Crippen molar-refractivity contribution in [3.63, 3.8) is 0 Å². The third-order valence-electron chi connectivity index (χ3n) is 3.98. The summed E-state index contributed by atoms with van der Waals surface area (Å²) in [5, 5.41) is 9.10. The maximum atomic E-state index is 12.9. The Kier molecular flexibility index (Phi) is 9.28. The van der Waals surface area contributed by atoms with Gasteiger partial charge in [-0.25, -0.2) is 4.98 Å². The fourth-order valence-electron chi connectivity index (χ4n) is 2.60. The Morgan fingerprint density at radius 1 is 1.35 bits per heavy atom. The third kappa shape index (κ3) is 7.01. The van der Waals surface area contributed by atoms with Crippen LogP contribution in [0.1, 0.15) is 25.3 Å². The van der Waals surface area contributed by atoms with Crippen LogP contribution in [-0.2, 0) is 6.18 Å². The van der Waals surface area contributed by atoms with Crippen LogP contribution in [0, 0.1) is 0 Å². The van der Waals surface area contributed by atoms with Crippen molar-refractivity contribution in [1.82, 2.24) is 15.6 Å². The second-order valence-electron chi connectivity index (χ2n) is 6.08. The molecule has 1 saturated heterocycles. The highest BCUT2D eigenvalue weighted by Gasteiger charge is 2.34. The molecule has 1 unspecified atom stereocenters. The van der Waals surface area contributed by atoms with E-state index in [1.165, 1.54) is 30.9 Å². The normalized spacial score (nSPS) is 20.4. The summed E-state index contributed by atoms with van der Waals surface area (Å²) >= 11 is 1.95. The highest BCUT2D eigenvalue weighted by molar-refractivity contribution is 14.0. The monoisotopic (exact) mass is 503 g/mol. The van der Waals surface area contributed by atoms with Crippen molar-refractivity contribution >= 4 is 47.5 Å². The molecule has 2 heterocycles. The molecule has 26 heavy (non-hydrogen) atoms. The van der Waals surface area contributed by atoms with Gasteiger partial charge >= 0.3 is 6.18 Å². The smallest absolute Gasteiger partial charge is 0.368 e. The minimum atomic E-state index is -4.42. The van der Waals surface area contributed by atoms with Crippen LogP contribution in [0.3, 0.4) is 0 Å². The van der Waals surface area contributed by atoms with Gasteiger partial charge in [-0.1, -0.05) is 0 Å². The highest BCUT2D eigenvalue weighted by Crippen LogP contribution is 2.37. The number of halogens is 4. The summed E-state index contributed by atoms with van der Waals surface area (Å²) in [6.07, 6.45) is -0.686. The Morgan fingerprint density at radius 3 is 2.73 bits per heavy atom. The lowest BCUT2D eigenvalue weighted by Crippen LogP contribution is -2.44. The van der Waals surface area contributed by atoms with Crippen LogP contribution in [0.25, 0.3) is 0 Å². The average molecular weight is 503 g/mol. The summed E-state index contributed by atoms with van der Waals surface area (Å²) in [4.78, 5) is 7.92. The summed E-state index contributed by atoms with van der Waals surface area (Å²) in [6, 6.07) is 2.29. The maximum Gasteiger partial charge on any atom is 0.419 e. The van der Waals surface area contributed by atoms with Crippen molar-refractivity contribution in [1.29, 1.82) is 0 Å². The Bertz CT molecular complexity index is 591. The standard InChI is InChI=1S/C16H24F3N5S.HI/c1-15(6-4-10-25-15)11-24-14(20-2)23-9-8-22-13-12(16(17,18)19)5-3-7-21-13;/h3,5,7H,4,6,8-11H2,1-2H3,(H,21,22)(H2,20,23,24);1H. The molecular formula is C16H25F3IN5S. The number of hydrogen-bond donors (Lipinski definition) is 3. The zero-order valence-electron chi connectivity index (χ0n) is 14.8. The molecule has 0 radical (unpaired) electrons. The minimum Gasteiger partial charge on any atom is -0.368 e. The quantitative estimate of drug-likeness (QED) is 0.240. The van der Waals surface area contributed by atoms with E-state index in [0.717, 1.165) is 12.6 Å². The SMILES string of the molecule is CN=C(NCCNc1ncccc1C(F)(F)F)NCC1(C)CCCS1.I. The molecule has 0 aliphatic carbocycles. The summed E-state index contributed by atoms with van der Waals surface area (Å²) < 4.78 is 38.9. The summed E-state index contributed by atoms with van der Waals surface area (Å²) in [6.45, 7) is 3.76. The van der Waals surface area contributed by atoms with Gasteiger partial charge in [-0.3, -0.25) is 4.99 Å². The largest absolute Gasteiger partial charge is 0.419 e. The number of aliphatic imine (C=N–C) groups is 1. The topological polar surface area (TPSA) is 61.3 Å². The number of pyridine rings is 1. The molecule has 1 aliphatic heterocycles. The zero-order chi connectivity index (χ0) is 18.3. The first-order chi connectivity index (χ1) is 11.8. The van der Waals surface area contributed by atoms with Crippen LogP contribution >= 0.6 is 35.7 Å². The van der Waals surface area contributed by atoms with E-state index in [4.69, 9.17) is 0 Å². The number of hydrogen-bond acceptors (Lipinski definition) is 4. The van der Waals surface area contributed by atoms with Crippen LogP contribution in [-0.4, -0.2) is 48.1 Å². The molecule has 0 spiro atoms. The Balaban J connectivity index is 0.00000338. The Labute approximate surface area is 173 Å². The molecular weight excluding hydrogens is 478 g/mol. The van der Waals surface area contributed by atoms with Gasteiger partial charge in [0.05, 0.1) is 5.56 Å². The second kappa shape index (κ2) is 10.4. The van der Waals surface area contributed by atoms with Crippen molar-refractivity contribution in [2.24, 2.45) is 4.99 Å². The van der Waals surface area contributed by atoms with E-state index in [0.29, 0.717) is 19.0 Å². The lowest BCUT2D eigenvalue weighted by atomic mass is 10.1. The fourth-order valence-corrected chi connectivity index (χ4v) is 3.85. The number of nitrogens with zero attached hydrogens (tertiary/aromatic N) is 2. The number of rotatable bonds is 6. The first-order valence-electron chi connectivity index (χ1n) is 8.19. The number of anilines is 1. The van der Waals surface area contributed by atoms with Crippen molar-refractivity contribution in [2.45, 2.75) is 30.7 Å². The van der Waals surface area contributed by atoms with Crippen molar-refractivity contribution in [3.8, 4) is 0 Å². The molecule has 0 aromatic carbocycles. The lowest BCUT2D eigenvalue weighted by Gasteiger charge is -2.24. The number of thioether (sulfide) groups is 1. The van der Waals surface area contributed by atoms with Gasteiger partial charge in [-0.05, 0) is 37.7 Å². The molecule has 1 aromatic rings. The first kappa shape index (κ1) is 23.1. The van der Waals surface area contributed by atoms with Crippen molar-refractivity contribution in [3.05, 3.63) is 23.9 Å². The second-order valence-corrected chi connectivity index (χ2v) is 7.76. The molecule has 0 amide bonds. The van der Waals surface area contributed by atoms with Gasteiger partial charge in [-0.2, -0.15) is 24.9 Å². The number of guanidine groups is 1. The molecule has 2 rings (SSSR count). The maximum absolute atomic E-state index is 12.9. The van der Waals surface area contributed by atoms with Gasteiger partial charge in [0.2, 0.25) is 0 Å². The van der Waals surface area contributed by atoms with Crippen LogP contribution in [0.2, 0.25) is 0 Å². The number of aromatic nitrogens is 1. The van der Waals surface area contributed by atoms with Gasteiger partial charge in [-0.15, -0.1) is 24.0 Å². The molecule has 0 saturated carbocycles. The summed E-state index contributed by atoms with van der Waals surface area (Å²) in [5.41, 5.74) is -0.760. The number of nitrogens with one attached hydrogen (secondary N) is 3. The predicted octanol–water partition coefficient (Wildman–Crippen LogP) is 3.58. The van der Waals surface area contributed by atoms with Crippen LogP contribution in [0.5, 0.6) is 0 Å². The third-order valence-corrected chi connectivity index (χ3v) is 5.52. The predicted molar refractivity (Wildman–Crippen MR) is 113 cm³/mol. The van der Waals surface area contributed by atoms with Gasteiger partial charge in [0.1, 0.15) is 5.82 Å². The minimum absolute atomic E-state index is 0. The molecule has 3 N–H and O–H groups in total. The van der Waals surface area contributed by atoms with E-state index in [-0.39, 0.29) is 34.5 Å². The van der Waals surface area contributed by atoms with Crippen LogP contribution in [0.15, 0.2) is 23.3 Å². The van der Waals surface area contributed by atoms with Gasteiger partial charge in [0.25, 0.3) is 0 Å². The number of alkyl halides is 3. The molecule has 0 bridgehead atoms. The van der Waals surface area contributed by atoms with E-state index >= 15 is 0 Å². The van der Waals surface area contributed by atoms with Crippen LogP contribution in [0.4, 0.5) is 19.0 Å². The Hall–Kier alpha value is -0.910. The van der Waals surface area contributed by atoms with E-state index < -0.39 is 11.7 Å². The first-order valence-corrected chi connectivity index (χ1v) is 9.17. The molecule has 10 heteroatoms. The average Bonchev–Trinajstić information content (AvgIpc) is 3.00. The molecule has 1 atom stereocenters. The lowest BCUT2D eigenvalue weighted by molar-refractivity contribution is -0.137. The highest BCUT2D eigenvalue weighted by atomic mass is 127.